The van der Waals surface area contributed by atoms with Gasteiger partial charge in [-0.25, -0.2) is 12.8 Å². The summed E-state index contributed by atoms with van der Waals surface area (Å²) >= 11 is 0. The van der Waals surface area contributed by atoms with Crippen molar-refractivity contribution < 1.29 is 22.4 Å². The smallest absolute Gasteiger partial charge is 0.253 e. The standard InChI is InChI=1S/C22H26FN3O4S/c1-15(27)25-18-9-10-20(26-31(2,29)30)19(13-18)21(28)24-14-22(11-3-4-12-22)16-5-7-17(23)8-6-16/h5-10,13,26H,3-4,11-12,14H2,1-2H3,(H,24,28)(H,25,27). The van der Waals surface area contributed by atoms with E-state index in [-0.39, 0.29) is 28.4 Å². The molecule has 0 aromatic heterocycles. The summed E-state index contributed by atoms with van der Waals surface area (Å²) < 4.78 is 39.2. The summed E-state index contributed by atoms with van der Waals surface area (Å²) in [6.45, 7) is 1.68. The molecule has 3 rings (SSSR count). The van der Waals surface area contributed by atoms with E-state index in [9.17, 15) is 22.4 Å². The number of carbonyl (C=O) groups is 2. The third-order valence-electron chi connectivity index (χ3n) is 5.48. The number of sulfonamides is 1. The van der Waals surface area contributed by atoms with Gasteiger partial charge < -0.3 is 10.6 Å². The highest BCUT2D eigenvalue weighted by atomic mass is 32.2. The van der Waals surface area contributed by atoms with Crippen LogP contribution in [0.4, 0.5) is 15.8 Å². The fourth-order valence-electron chi connectivity index (χ4n) is 4.07. The first-order valence-corrected chi connectivity index (χ1v) is 11.9. The molecule has 1 fully saturated rings. The molecule has 31 heavy (non-hydrogen) atoms. The summed E-state index contributed by atoms with van der Waals surface area (Å²) in [6.07, 6.45) is 4.73. The fraction of sp³-hybridized carbons (Fsp3) is 0.364. The summed E-state index contributed by atoms with van der Waals surface area (Å²) in [5, 5.41) is 5.52. The third-order valence-corrected chi connectivity index (χ3v) is 6.08. The van der Waals surface area contributed by atoms with Crippen LogP contribution >= 0.6 is 0 Å². The summed E-state index contributed by atoms with van der Waals surface area (Å²) in [5.41, 5.74) is 1.27. The number of nitrogens with one attached hydrogen (secondary N) is 3. The predicted octanol–water partition coefficient (Wildman–Crippen LogP) is 3.40. The molecule has 2 aromatic carbocycles. The molecule has 1 aliphatic rings. The van der Waals surface area contributed by atoms with Crippen molar-refractivity contribution in [3.8, 4) is 0 Å². The number of amides is 2. The molecular formula is C22H26FN3O4S. The number of benzene rings is 2. The lowest BCUT2D eigenvalue weighted by Crippen LogP contribution is -2.39. The average molecular weight is 448 g/mol. The van der Waals surface area contributed by atoms with Gasteiger partial charge in [-0.1, -0.05) is 25.0 Å². The molecular weight excluding hydrogens is 421 g/mol. The summed E-state index contributed by atoms with van der Waals surface area (Å²) in [4.78, 5) is 24.4. The van der Waals surface area contributed by atoms with Crippen molar-refractivity contribution in [2.75, 3.05) is 22.8 Å². The van der Waals surface area contributed by atoms with Gasteiger partial charge in [-0.05, 0) is 48.7 Å². The minimum Gasteiger partial charge on any atom is -0.351 e. The van der Waals surface area contributed by atoms with E-state index in [1.54, 1.807) is 12.1 Å². The molecule has 0 radical (unpaired) electrons. The Hall–Kier alpha value is -2.94. The SMILES string of the molecule is CC(=O)Nc1ccc(NS(C)(=O)=O)c(C(=O)NCC2(c3ccc(F)cc3)CCCC2)c1. The van der Waals surface area contributed by atoms with Crippen molar-refractivity contribution >= 4 is 33.2 Å². The predicted molar refractivity (Wildman–Crippen MR) is 118 cm³/mol. The Labute approximate surface area is 181 Å². The number of anilines is 2. The van der Waals surface area contributed by atoms with Crippen LogP contribution in [0.1, 0.15) is 48.5 Å². The first kappa shape index (κ1) is 22.7. The maximum atomic E-state index is 13.4. The van der Waals surface area contributed by atoms with Crippen LogP contribution in [0.3, 0.4) is 0 Å². The maximum Gasteiger partial charge on any atom is 0.253 e. The van der Waals surface area contributed by atoms with Gasteiger partial charge >= 0.3 is 0 Å². The van der Waals surface area contributed by atoms with Crippen LogP contribution in [-0.4, -0.2) is 33.0 Å². The first-order valence-electron chi connectivity index (χ1n) is 10.0. The van der Waals surface area contributed by atoms with Gasteiger partial charge in [0.1, 0.15) is 5.82 Å². The van der Waals surface area contributed by atoms with E-state index in [0.717, 1.165) is 37.5 Å². The zero-order valence-electron chi connectivity index (χ0n) is 17.5. The fourth-order valence-corrected chi connectivity index (χ4v) is 4.65. The van der Waals surface area contributed by atoms with Gasteiger partial charge in [-0.2, -0.15) is 0 Å². The van der Waals surface area contributed by atoms with Crippen molar-refractivity contribution in [2.24, 2.45) is 0 Å². The average Bonchev–Trinajstić information content (AvgIpc) is 3.16. The number of halogens is 1. The van der Waals surface area contributed by atoms with Crippen LogP contribution in [0.15, 0.2) is 42.5 Å². The Morgan fingerprint density at radius 1 is 1.06 bits per heavy atom. The number of rotatable bonds is 7. The Kier molecular flexibility index (Phi) is 6.64. The summed E-state index contributed by atoms with van der Waals surface area (Å²) in [5.74, 6) is -1.09. The van der Waals surface area contributed by atoms with Gasteiger partial charge in [-0.15, -0.1) is 0 Å². The van der Waals surface area contributed by atoms with Crippen molar-refractivity contribution in [3.63, 3.8) is 0 Å². The molecule has 3 N–H and O–H groups in total. The van der Waals surface area contributed by atoms with Crippen molar-refractivity contribution in [3.05, 3.63) is 59.4 Å². The molecule has 0 atom stereocenters. The van der Waals surface area contributed by atoms with E-state index in [0.29, 0.717) is 12.2 Å². The molecule has 2 aromatic rings. The number of hydrogen-bond donors (Lipinski definition) is 3. The lowest BCUT2D eigenvalue weighted by Gasteiger charge is -2.30. The van der Waals surface area contributed by atoms with Gasteiger partial charge in [0.25, 0.3) is 5.91 Å². The first-order chi connectivity index (χ1) is 14.6. The van der Waals surface area contributed by atoms with Crippen LogP contribution < -0.4 is 15.4 Å². The topological polar surface area (TPSA) is 104 Å². The highest BCUT2D eigenvalue weighted by Gasteiger charge is 2.36. The van der Waals surface area contributed by atoms with Crippen LogP contribution in [0.25, 0.3) is 0 Å². The molecule has 0 unspecified atom stereocenters. The Morgan fingerprint density at radius 3 is 2.29 bits per heavy atom. The van der Waals surface area contributed by atoms with Crippen LogP contribution in [-0.2, 0) is 20.2 Å². The molecule has 0 saturated heterocycles. The van der Waals surface area contributed by atoms with E-state index < -0.39 is 15.9 Å². The Bertz CT molecular complexity index is 1080. The Morgan fingerprint density at radius 2 is 1.71 bits per heavy atom. The van der Waals surface area contributed by atoms with Gasteiger partial charge in [0.2, 0.25) is 15.9 Å². The quantitative estimate of drug-likeness (QED) is 0.605. The van der Waals surface area contributed by atoms with Crippen LogP contribution in [0, 0.1) is 5.82 Å². The molecule has 2 amide bonds. The van der Waals surface area contributed by atoms with Crippen LogP contribution in [0.2, 0.25) is 0 Å². The van der Waals surface area contributed by atoms with Gasteiger partial charge in [-0.3, -0.25) is 14.3 Å². The minimum atomic E-state index is -3.61. The molecule has 7 nitrogen and oxygen atoms in total. The van der Waals surface area contributed by atoms with E-state index in [2.05, 4.69) is 15.4 Å². The molecule has 0 bridgehead atoms. The lowest BCUT2D eigenvalue weighted by atomic mass is 9.78. The van der Waals surface area contributed by atoms with Gasteiger partial charge in [0.15, 0.2) is 0 Å². The molecule has 0 aliphatic heterocycles. The minimum absolute atomic E-state index is 0.101. The molecule has 166 valence electrons. The summed E-state index contributed by atoms with van der Waals surface area (Å²) in [6, 6.07) is 10.7. The second kappa shape index (κ2) is 9.05. The number of hydrogen-bond acceptors (Lipinski definition) is 4. The van der Waals surface area contributed by atoms with E-state index in [1.807, 2.05) is 0 Å². The van der Waals surface area contributed by atoms with E-state index in [1.165, 1.54) is 37.3 Å². The molecule has 0 heterocycles. The second-order valence-electron chi connectivity index (χ2n) is 7.99. The maximum absolute atomic E-state index is 13.4. The largest absolute Gasteiger partial charge is 0.351 e. The lowest BCUT2D eigenvalue weighted by molar-refractivity contribution is -0.114. The van der Waals surface area contributed by atoms with E-state index in [4.69, 9.17) is 0 Å². The molecule has 9 heteroatoms. The van der Waals surface area contributed by atoms with Gasteiger partial charge in [0.05, 0.1) is 17.5 Å². The van der Waals surface area contributed by atoms with Crippen molar-refractivity contribution in [1.29, 1.82) is 0 Å². The highest BCUT2D eigenvalue weighted by Crippen LogP contribution is 2.40. The van der Waals surface area contributed by atoms with Crippen molar-refractivity contribution in [1.82, 2.24) is 5.32 Å². The van der Waals surface area contributed by atoms with Gasteiger partial charge in [0, 0.05) is 24.6 Å². The molecule has 1 saturated carbocycles. The number of carbonyl (C=O) groups excluding carboxylic acids is 2. The Balaban J connectivity index is 1.86. The normalized spacial score (nSPS) is 15.3. The van der Waals surface area contributed by atoms with Crippen molar-refractivity contribution in [2.45, 2.75) is 38.0 Å². The zero-order chi connectivity index (χ0) is 22.6. The third kappa shape index (κ3) is 5.81. The zero-order valence-corrected chi connectivity index (χ0v) is 18.3. The summed E-state index contributed by atoms with van der Waals surface area (Å²) in [7, 11) is -3.61. The monoisotopic (exact) mass is 447 g/mol. The molecule has 1 aliphatic carbocycles. The highest BCUT2D eigenvalue weighted by molar-refractivity contribution is 7.92. The van der Waals surface area contributed by atoms with E-state index >= 15 is 0 Å². The van der Waals surface area contributed by atoms with Crippen LogP contribution in [0.5, 0.6) is 0 Å². The molecule has 0 spiro atoms. The second-order valence-corrected chi connectivity index (χ2v) is 9.74.